The molecule has 0 aliphatic carbocycles. The molecule has 0 aromatic heterocycles. The van der Waals surface area contributed by atoms with E-state index < -0.39 is 73.4 Å². The van der Waals surface area contributed by atoms with Crippen molar-refractivity contribution in [2.75, 3.05) is 13.2 Å². The standard InChI is InChI=1S/C29H42N2O10Si/c1-8-42(9-2,10-3)41-20(7)25-26(19(6)24(33)17-40-29(36)39-16-18(4)5)30(28(25)35)27(34)23(32)15-21-11-13-22(14-12-21)31(37)38/h11-14,18-20,25-26H,8-10,15-17H2,1-7H3/t19-,20+,25+,26+/m0/s1. The van der Waals surface area contributed by atoms with Gasteiger partial charge in [-0.05, 0) is 36.5 Å². The Hall–Kier alpha value is -3.45. The fourth-order valence-corrected chi connectivity index (χ4v) is 8.04. The third-order valence-corrected chi connectivity index (χ3v) is 12.7. The molecule has 12 nitrogen and oxygen atoms in total. The number of non-ortho nitro benzene ring substituents is 1. The molecule has 1 aromatic carbocycles. The predicted octanol–water partition coefficient (Wildman–Crippen LogP) is 4.48. The van der Waals surface area contributed by atoms with Crippen molar-refractivity contribution in [3.8, 4) is 0 Å². The van der Waals surface area contributed by atoms with E-state index in [9.17, 15) is 34.1 Å². The normalized spacial score (nSPS) is 18.2. The lowest BCUT2D eigenvalue weighted by Crippen LogP contribution is -2.71. The molecule has 1 aliphatic heterocycles. The van der Waals surface area contributed by atoms with Crippen LogP contribution in [0.4, 0.5) is 10.5 Å². The number of carbonyl (C=O) groups is 5. The second-order valence-corrected chi connectivity index (χ2v) is 15.8. The van der Waals surface area contributed by atoms with E-state index in [0.29, 0.717) is 5.56 Å². The van der Waals surface area contributed by atoms with E-state index in [0.717, 1.165) is 23.0 Å². The molecule has 1 heterocycles. The van der Waals surface area contributed by atoms with Gasteiger partial charge in [0, 0.05) is 24.5 Å². The number of hydrogen-bond acceptors (Lipinski definition) is 10. The molecule has 0 spiro atoms. The molecule has 1 fully saturated rings. The molecule has 2 rings (SSSR count). The Morgan fingerprint density at radius 3 is 2.05 bits per heavy atom. The van der Waals surface area contributed by atoms with Crippen molar-refractivity contribution in [2.45, 2.75) is 85.2 Å². The van der Waals surface area contributed by atoms with Crippen LogP contribution >= 0.6 is 0 Å². The number of ether oxygens (including phenoxy) is 2. The number of nitrogens with zero attached hydrogens (tertiary/aromatic N) is 2. The lowest BCUT2D eigenvalue weighted by atomic mass is 9.75. The maximum Gasteiger partial charge on any atom is 0.508 e. The average Bonchev–Trinajstić information content (AvgIpc) is 2.96. The molecule has 0 bridgehead atoms. The number of ketones is 2. The summed E-state index contributed by atoms with van der Waals surface area (Å²) in [6.07, 6.45) is -2.00. The third-order valence-electron chi connectivity index (χ3n) is 7.92. The van der Waals surface area contributed by atoms with Gasteiger partial charge in [-0.3, -0.25) is 34.2 Å². The van der Waals surface area contributed by atoms with Crippen LogP contribution in [0.1, 0.15) is 54.0 Å². The van der Waals surface area contributed by atoms with Gasteiger partial charge < -0.3 is 13.9 Å². The fourth-order valence-electron chi connectivity index (χ4n) is 5.11. The van der Waals surface area contributed by atoms with E-state index in [1.165, 1.54) is 31.2 Å². The van der Waals surface area contributed by atoms with Crippen LogP contribution in [0.25, 0.3) is 0 Å². The number of likely N-dealkylation sites (tertiary alicyclic amines) is 1. The van der Waals surface area contributed by atoms with Gasteiger partial charge in [0.1, 0.15) is 0 Å². The van der Waals surface area contributed by atoms with Gasteiger partial charge >= 0.3 is 6.16 Å². The Morgan fingerprint density at radius 2 is 1.55 bits per heavy atom. The Morgan fingerprint density at radius 1 is 0.976 bits per heavy atom. The zero-order chi connectivity index (χ0) is 31.8. The predicted molar refractivity (Wildman–Crippen MR) is 155 cm³/mol. The maximum atomic E-state index is 13.4. The molecule has 13 heteroatoms. The lowest BCUT2D eigenvalue weighted by Gasteiger charge is -2.51. The highest BCUT2D eigenvalue weighted by molar-refractivity contribution is 6.73. The molecule has 4 atom stereocenters. The van der Waals surface area contributed by atoms with E-state index in [2.05, 4.69) is 0 Å². The van der Waals surface area contributed by atoms with Gasteiger partial charge in [0.25, 0.3) is 11.6 Å². The van der Waals surface area contributed by atoms with Gasteiger partial charge in [0.15, 0.2) is 20.7 Å². The summed E-state index contributed by atoms with van der Waals surface area (Å²) in [4.78, 5) is 75.8. The summed E-state index contributed by atoms with van der Waals surface area (Å²) in [6, 6.07) is 6.66. The highest BCUT2D eigenvalue weighted by Gasteiger charge is 2.58. The van der Waals surface area contributed by atoms with Crippen molar-refractivity contribution in [3.63, 3.8) is 0 Å². The SMILES string of the molecule is CC[Si](CC)(CC)O[C@H](C)[C@H]1C(=O)N(C(=O)C(=O)Cc2ccc([N+](=O)[O-])cc2)[C@@H]1[C@@H](C)C(=O)COC(=O)OCC(C)C. The van der Waals surface area contributed by atoms with Crippen molar-refractivity contribution in [2.24, 2.45) is 17.8 Å². The molecule has 0 unspecified atom stereocenters. The van der Waals surface area contributed by atoms with Gasteiger partial charge in [-0.25, -0.2) is 4.79 Å². The van der Waals surface area contributed by atoms with Gasteiger partial charge in [-0.15, -0.1) is 0 Å². The van der Waals surface area contributed by atoms with Crippen LogP contribution in [0.5, 0.6) is 0 Å². The molecular formula is C29H42N2O10Si. The third kappa shape index (κ3) is 8.31. The molecule has 1 aliphatic rings. The summed E-state index contributed by atoms with van der Waals surface area (Å²) in [5, 5.41) is 10.9. The fraction of sp³-hybridized carbons (Fsp3) is 0.621. The van der Waals surface area contributed by atoms with Crippen molar-refractivity contribution in [1.29, 1.82) is 0 Å². The minimum Gasteiger partial charge on any atom is -0.434 e. The molecule has 0 radical (unpaired) electrons. The first-order valence-electron chi connectivity index (χ1n) is 14.3. The van der Waals surface area contributed by atoms with Crippen LogP contribution in [0, 0.1) is 27.9 Å². The molecule has 2 amide bonds. The van der Waals surface area contributed by atoms with E-state index >= 15 is 0 Å². The first kappa shape index (κ1) is 34.7. The van der Waals surface area contributed by atoms with Crippen LogP contribution in [-0.2, 0) is 39.5 Å². The van der Waals surface area contributed by atoms with Crippen LogP contribution in [-0.4, -0.2) is 73.0 Å². The smallest absolute Gasteiger partial charge is 0.434 e. The van der Waals surface area contributed by atoms with Crippen molar-refractivity contribution >= 4 is 43.5 Å². The summed E-state index contributed by atoms with van der Waals surface area (Å²) in [7, 11) is -2.17. The Balaban J connectivity index is 2.27. The molecular weight excluding hydrogens is 564 g/mol. The van der Waals surface area contributed by atoms with E-state index in [-0.39, 0.29) is 24.6 Å². The first-order valence-corrected chi connectivity index (χ1v) is 16.9. The molecule has 0 N–H and O–H groups in total. The number of β-lactam (4-membered cyclic amide) rings is 1. The average molecular weight is 607 g/mol. The summed E-state index contributed by atoms with van der Waals surface area (Å²) in [6.45, 7) is 12.6. The van der Waals surface area contributed by atoms with E-state index in [1.807, 2.05) is 34.6 Å². The van der Waals surface area contributed by atoms with Gasteiger partial charge in [-0.1, -0.05) is 53.7 Å². The summed E-state index contributed by atoms with van der Waals surface area (Å²) in [5.41, 5.74) is 0.194. The molecule has 1 saturated heterocycles. The largest absolute Gasteiger partial charge is 0.508 e. The molecule has 1 aromatic rings. The second kappa shape index (κ2) is 15.1. The number of nitro benzene ring substituents is 1. The summed E-state index contributed by atoms with van der Waals surface area (Å²) < 4.78 is 16.4. The van der Waals surface area contributed by atoms with Gasteiger partial charge in [0.05, 0.1) is 29.6 Å². The van der Waals surface area contributed by atoms with Gasteiger partial charge in [-0.2, -0.15) is 0 Å². The molecule has 0 saturated carbocycles. The van der Waals surface area contributed by atoms with Crippen molar-refractivity contribution in [1.82, 2.24) is 4.90 Å². The number of amides is 2. The second-order valence-electron chi connectivity index (χ2n) is 11.1. The minimum absolute atomic E-state index is 0.0727. The number of imide groups is 1. The number of Topliss-reactive ketones (excluding diaryl/α,β-unsaturated/α-hetero) is 2. The van der Waals surface area contributed by atoms with Crippen LogP contribution in [0.2, 0.25) is 18.1 Å². The zero-order valence-corrected chi connectivity index (χ0v) is 26.4. The monoisotopic (exact) mass is 606 g/mol. The van der Waals surface area contributed by atoms with Crippen LogP contribution in [0.15, 0.2) is 24.3 Å². The Kier molecular flexibility index (Phi) is 12.5. The number of benzene rings is 1. The summed E-state index contributed by atoms with van der Waals surface area (Å²) in [5.74, 6) is -4.88. The van der Waals surface area contributed by atoms with Gasteiger partial charge in [0.2, 0.25) is 11.7 Å². The van der Waals surface area contributed by atoms with Crippen LogP contribution in [0.3, 0.4) is 0 Å². The Labute approximate surface area is 247 Å². The number of rotatable bonds is 16. The highest BCUT2D eigenvalue weighted by atomic mass is 28.4. The highest BCUT2D eigenvalue weighted by Crippen LogP contribution is 2.39. The summed E-state index contributed by atoms with van der Waals surface area (Å²) >= 11 is 0. The lowest BCUT2D eigenvalue weighted by molar-refractivity contribution is -0.384. The zero-order valence-electron chi connectivity index (χ0n) is 25.4. The number of nitro groups is 1. The molecule has 42 heavy (non-hydrogen) atoms. The quantitative estimate of drug-likeness (QED) is 0.0655. The number of hydrogen-bond donors (Lipinski definition) is 0. The first-order chi connectivity index (χ1) is 19.7. The van der Waals surface area contributed by atoms with Crippen molar-refractivity contribution < 1.29 is 42.8 Å². The minimum atomic E-state index is -2.17. The molecule has 232 valence electrons. The van der Waals surface area contributed by atoms with Crippen molar-refractivity contribution in [3.05, 3.63) is 39.9 Å². The topological polar surface area (TPSA) is 159 Å². The maximum absolute atomic E-state index is 13.4. The van der Waals surface area contributed by atoms with Crippen LogP contribution < -0.4 is 0 Å². The Bertz CT molecular complexity index is 1160. The number of carbonyl (C=O) groups excluding carboxylic acids is 5. The van der Waals surface area contributed by atoms with E-state index in [1.54, 1.807) is 6.92 Å². The van der Waals surface area contributed by atoms with E-state index in [4.69, 9.17) is 13.9 Å².